The lowest BCUT2D eigenvalue weighted by atomic mass is 10.2. The van der Waals surface area contributed by atoms with E-state index in [1.165, 1.54) is 12.8 Å². The summed E-state index contributed by atoms with van der Waals surface area (Å²) in [6.45, 7) is 7.13. The Hall–Kier alpha value is -1.05. The van der Waals surface area contributed by atoms with Gasteiger partial charge in [-0.2, -0.15) is 0 Å². The molecule has 0 radical (unpaired) electrons. The second-order valence-corrected chi connectivity index (χ2v) is 4.50. The summed E-state index contributed by atoms with van der Waals surface area (Å²) < 4.78 is 0. The average molecular weight is 207 g/mol. The molecule has 1 aliphatic carbocycles. The van der Waals surface area contributed by atoms with E-state index in [0.717, 1.165) is 6.54 Å². The summed E-state index contributed by atoms with van der Waals surface area (Å²) in [5.41, 5.74) is 0. The molecule has 0 saturated heterocycles. The summed E-state index contributed by atoms with van der Waals surface area (Å²) in [5.74, 6) is 0.703. The third-order valence-corrected chi connectivity index (χ3v) is 2.37. The van der Waals surface area contributed by atoms with Gasteiger partial charge in [0.15, 0.2) is 0 Å². The second kappa shape index (κ2) is 5.74. The van der Waals surface area contributed by atoms with Gasteiger partial charge in [-0.1, -0.05) is 32.1 Å². The van der Waals surface area contributed by atoms with Gasteiger partial charge in [-0.25, -0.2) is 0 Å². The maximum Gasteiger partial charge on any atom is 0.246 e. The summed E-state index contributed by atoms with van der Waals surface area (Å²) in [6.07, 6.45) is 9.65. The molecule has 0 unspecified atom stereocenters. The minimum absolute atomic E-state index is 0.157. The van der Waals surface area contributed by atoms with E-state index < -0.39 is 0 Å². The second-order valence-electron chi connectivity index (χ2n) is 4.50. The monoisotopic (exact) mass is 207 g/mol. The van der Waals surface area contributed by atoms with Crippen molar-refractivity contribution >= 4 is 5.91 Å². The zero-order chi connectivity index (χ0) is 11.3. The average Bonchev–Trinajstić information content (AvgIpc) is 2.97. The fourth-order valence-corrected chi connectivity index (χ4v) is 1.54. The van der Waals surface area contributed by atoms with Crippen molar-refractivity contribution in [3.8, 4) is 0 Å². The van der Waals surface area contributed by atoms with Crippen LogP contribution in [0.25, 0.3) is 0 Å². The van der Waals surface area contributed by atoms with Crippen molar-refractivity contribution in [2.75, 3.05) is 6.54 Å². The number of carbonyl (C=O) groups excluding carboxylic acids is 1. The molecule has 0 bridgehead atoms. The van der Waals surface area contributed by atoms with Gasteiger partial charge in [0, 0.05) is 18.7 Å². The number of rotatable bonds is 5. The third kappa shape index (κ3) is 4.32. The zero-order valence-corrected chi connectivity index (χ0v) is 9.94. The maximum absolute atomic E-state index is 11.8. The first-order valence-corrected chi connectivity index (χ1v) is 5.75. The normalized spacial score (nSPS) is 16.8. The first kappa shape index (κ1) is 12.0. The summed E-state index contributed by atoms with van der Waals surface area (Å²) >= 11 is 0. The van der Waals surface area contributed by atoms with E-state index in [-0.39, 0.29) is 5.91 Å². The van der Waals surface area contributed by atoms with Crippen LogP contribution in [0.15, 0.2) is 24.3 Å². The summed E-state index contributed by atoms with van der Waals surface area (Å²) in [5, 5.41) is 0. The molecule has 0 atom stereocenters. The lowest BCUT2D eigenvalue weighted by molar-refractivity contribution is -0.127. The van der Waals surface area contributed by atoms with Crippen molar-refractivity contribution in [1.29, 1.82) is 0 Å². The molecule has 2 nitrogen and oxygen atoms in total. The van der Waals surface area contributed by atoms with Crippen LogP contribution in [0.1, 0.15) is 33.6 Å². The molecule has 1 fully saturated rings. The van der Waals surface area contributed by atoms with E-state index in [0.29, 0.717) is 12.0 Å². The Balaban J connectivity index is 2.51. The van der Waals surface area contributed by atoms with E-state index in [9.17, 15) is 4.79 Å². The van der Waals surface area contributed by atoms with Crippen LogP contribution in [0.3, 0.4) is 0 Å². The maximum atomic E-state index is 11.8. The molecule has 1 saturated carbocycles. The van der Waals surface area contributed by atoms with Gasteiger partial charge in [0.25, 0.3) is 0 Å². The summed E-state index contributed by atoms with van der Waals surface area (Å²) in [4.78, 5) is 13.8. The Morgan fingerprint density at radius 2 is 2.07 bits per heavy atom. The van der Waals surface area contributed by atoms with E-state index >= 15 is 0 Å². The topological polar surface area (TPSA) is 20.3 Å². The molecular weight excluding hydrogens is 186 g/mol. The van der Waals surface area contributed by atoms with E-state index in [1.807, 2.05) is 30.1 Å². The Morgan fingerprint density at radius 1 is 1.40 bits per heavy atom. The van der Waals surface area contributed by atoms with Gasteiger partial charge in [-0.15, -0.1) is 0 Å². The van der Waals surface area contributed by atoms with Crippen molar-refractivity contribution in [2.45, 2.75) is 39.7 Å². The minimum atomic E-state index is 0.157. The van der Waals surface area contributed by atoms with Gasteiger partial charge in [-0.3, -0.25) is 4.79 Å². The third-order valence-electron chi connectivity index (χ3n) is 2.37. The van der Waals surface area contributed by atoms with Crippen LogP contribution in [0.5, 0.6) is 0 Å². The number of allylic oxidation sites excluding steroid dienone is 3. The molecule has 2 heteroatoms. The highest BCUT2D eigenvalue weighted by atomic mass is 16.2. The highest BCUT2D eigenvalue weighted by Crippen LogP contribution is 2.27. The number of hydrogen-bond donors (Lipinski definition) is 0. The SMILES string of the molecule is C/C=C/C=C/C(=O)N(CC(C)C)C1CC1. The molecular formula is C13H21NO. The number of amides is 1. The van der Waals surface area contributed by atoms with Crippen LogP contribution in [0, 0.1) is 5.92 Å². The van der Waals surface area contributed by atoms with Gasteiger partial charge < -0.3 is 4.90 Å². The Kier molecular flexibility index (Phi) is 4.60. The van der Waals surface area contributed by atoms with Crippen molar-refractivity contribution in [3.05, 3.63) is 24.3 Å². The Morgan fingerprint density at radius 3 is 2.53 bits per heavy atom. The van der Waals surface area contributed by atoms with Crippen molar-refractivity contribution in [1.82, 2.24) is 4.90 Å². The van der Waals surface area contributed by atoms with Crippen LogP contribution >= 0.6 is 0 Å². The van der Waals surface area contributed by atoms with Crippen molar-refractivity contribution in [2.24, 2.45) is 5.92 Å². The van der Waals surface area contributed by atoms with Crippen LogP contribution in [-0.4, -0.2) is 23.4 Å². The highest BCUT2D eigenvalue weighted by Gasteiger charge is 2.31. The molecule has 0 spiro atoms. The molecule has 0 N–H and O–H groups in total. The minimum Gasteiger partial charge on any atom is -0.336 e. The van der Waals surface area contributed by atoms with Gasteiger partial charge in [0.1, 0.15) is 0 Å². The molecule has 0 aromatic heterocycles. The lowest BCUT2D eigenvalue weighted by Gasteiger charge is -2.22. The largest absolute Gasteiger partial charge is 0.336 e. The predicted octanol–water partition coefficient (Wildman–Crippen LogP) is 2.77. The quantitative estimate of drug-likeness (QED) is 0.501. The van der Waals surface area contributed by atoms with Crippen LogP contribution in [0.4, 0.5) is 0 Å². The smallest absolute Gasteiger partial charge is 0.246 e. The van der Waals surface area contributed by atoms with Crippen LogP contribution < -0.4 is 0 Å². The molecule has 1 aliphatic rings. The predicted molar refractivity (Wildman–Crippen MR) is 63.5 cm³/mol. The van der Waals surface area contributed by atoms with Crippen molar-refractivity contribution in [3.63, 3.8) is 0 Å². The van der Waals surface area contributed by atoms with Gasteiger partial charge >= 0.3 is 0 Å². The standard InChI is InChI=1S/C13H21NO/c1-4-5-6-7-13(15)14(10-11(2)3)12-8-9-12/h4-7,11-12H,8-10H2,1-3H3/b5-4+,7-6+. The lowest BCUT2D eigenvalue weighted by Crippen LogP contribution is -2.34. The summed E-state index contributed by atoms with van der Waals surface area (Å²) in [6, 6.07) is 0.509. The Bertz CT molecular complexity index is 262. The molecule has 0 heterocycles. The van der Waals surface area contributed by atoms with Gasteiger partial charge in [0.2, 0.25) is 5.91 Å². The fourth-order valence-electron chi connectivity index (χ4n) is 1.54. The Labute approximate surface area is 92.7 Å². The summed E-state index contributed by atoms with van der Waals surface area (Å²) in [7, 11) is 0. The molecule has 1 rings (SSSR count). The van der Waals surface area contributed by atoms with E-state index in [1.54, 1.807) is 6.08 Å². The van der Waals surface area contributed by atoms with Crippen LogP contribution in [-0.2, 0) is 4.79 Å². The van der Waals surface area contributed by atoms with E-state index in [4.69, 9.17) is 0 Å². The molecule has 15 heavy (non-hydrogen) atoms. The molecule has 0 aromatic rings. The highest BCUT2D eigenvalue weighted by molar-refractivity contribution is 5.88. The molecule has 0 aliphatic heterocycles. The number of carbonyl (C=O) groups is 1. The number of nitrogens with zero attached hydrogens (tertiary/aromatic N) is 1. The first-order valence-electron chi connectivity index (χ1n) is 5.75. The van der Waals surface area contributed by atoms with Crippen LogP contribution in [0.2, 0.25) is 0 Å². The number of hydrogen-bond acceptors (Lipinski definition) is 1. The van der Waals surface area contributed by atoms with Crippen molar-refractivity contribution < 1.29 is 4.79 Å². The van der Waals surface area contributed by atoms with E-state index in [2.05, 4.69) is 13.8 Å². The van der Waals surface area contributed by atoms with Gasteiger partial charge in [-0.05, 0) is 25.7 Å². The van der Waals surface area contributed by atoms with Gasteiger partial charge in [0.05, 0.1) is 0 Å². The zero-order valence-electron chi connectivity index (χ0n) is 9.94. The molecule has 1 amide bonds. The molecule has 0 aromatic carbocycles. The first-order chi connectivity index (χ1) is 7.15. The fraction of sp³-hybridized carbons (Fsp3) is 0.615. The molecule has 84 valence electrons.